The van der Waals surface area contributed by atoms with Gasteiger partial charge in [0.2, 0.25) is 0 Å². The largest absolute Gasteiger partial charge is 0.316 e. The van der Waals surface area contributed by atoms with Crippen LogP contribution in [0.5, 0.6) is 0 Å². The van der Waals surface area contributed by atoms with Crippen molar-refractivity contribution in [3.8, 4) is 0 Å². The van der Waals surface area contributed by atoms with Crippen LogP contribution in [0.4, 0.5) is 0 Å². The molecular weight excluding hydrogens is 273 g/mol. The maximum absolute atomic E-state index is 3.45. The summed E-state index contributed by atoms with van der Waals surface area (Å²) in [7, 11) is 0. The quantitative estimate of drug-likeness (QED) is 0.783. The molecule has 1 N–H and O–H groups in total. The zero-order valence-electron chi connectivity index (χ0n) is 7.59. The Labute approximate surface area is 93.1 Å². The maximum Gasteiger partial charge on any atom is 0.0130 e. The fourth-order valence-electron chi connectivity index (χ4n) is 1.87. The molecule has 2 heteroatoms. The van der Waals surface area contributed by atoms with E-state index in [0.29, 0.717) is 0 Å². The van der Waals surface area contributed by atoms with Crippen molar-refractivity contribution in [1.82, 2.24) is 5.32 Å². The monoisotopic (exact) mass is 287 g/mol. The van der Waals surface area contributed by atoms with Gasteiger partial charge in [0.05, 0.1) is 0 Å². The summed E-state index contributed by atoms with van der Waals surface area (Å²) in [6, 6.07) is 8.92. The Morgan fingerprint density at radius 2 is 2.00 bits per heavy atom. The van der Waals surface area contributed by atoms with Gasteiger partial charge in [-0.3, -0.25) is 0 Å². The molecular formula is C11H14IN. The first-order valence-electron chi connectivity index (χ1n) is 4.82. The minimum absolute atomic E-state index is 0.741. The van der Waals surface area contributed by atoms with Crippen molar-refractivity contribution in [3.05, 3.63) is 33.4 Å². The van der Waals surface area contributed by atoms with E-state index >= 15 is 0 Å². The summed E-state index contributed by atoms with van der Waals surface area (Å²) < 4.78 is 1.32. The lowest BCUT2D eigenvalue weighted by molar-refractivity contribution is 0.461. The van der Waals surface area contributed by atoms with E-state index in [1.54, 1.807) is 0 Å². The first kappa shape index (κ1) is 9.46. The lowest BCUT2D eigenvalue weighted by atomic mass is 9.92. The van der Waals surface area contributed by atoms with Gasteiger partial charge in [0.15, 0.2) is 0 Å². The van der Waals surface area contributed by atoms with E-state index in [-0.39, 0.29) is 0 Å². The molecule has 0 bridgehead atoms. The van der Waals surface area contributed by atoms with E-state index in [2.05, 4.69) is 52.2 Å². The molecule has 0 aromatic heterocycles. The second kappa shape index (κ2) is 4.42. The molecule has 0 radical (unpaired) electrons. The Hall–Kier alpha value is -0.0900. The van der Waals surface area contributed by atoms with Gasteiger partial charge >= 0.3 is 0 Å². The molecule has 2 rings (SSSR count). The van der Waals surface area contributed by atoms with Crippen LogP contribution in [0.3, 0.4) is 0 Å². The number of benzene rings is 1. The van der Waals surface area contributed by atoms with Crippen molar-refractivity contribution < 1.29 is 0 Å². The van der Waals surface area contributed by atoms with E-state index in [0.717, 1.165) is 12.5 Å². The summed E-state index contributed by atoms with van der Waals surface area (Å²) in [4.78, 5) is 0. The van der Waals surface area contributed by atoms with Gasteiger partial charge in [0, 0.05) is 10.1 Å². The van der Waals surface area contributed by atoms with Crippen molar-refractivity contribution in [1.29, 1.82) is 0 Å². The van der Waals surface area contributed by atoms with E-state index in [1.165, 1.54) is 28.5 Å². The van der Waals surface area contributed by atoms with Crippen LogP contribution < -0.4 is 5.32 Å². The number of piperidine rings is 1. The molecule has 1 saturated heterocycles. The normalized spacial score (nSPS) is 23.0. The van der Waals surface area contributed by atoms with Crippen LogP contribution >= 0.6 is 22.6 Å². The minimum atomic E-state index is 0.741. The molecule has 0 amide bonds. The molecule has 1 heterocycles. The Morgan fingerprint density at radius 1 is 1.23 bits per heavy atom. The van der Waals surface area contributed by atoms with Crippen molar-refractivity contribution in [2.24, 2.45) is 0 Å². The molecule has 1 aromatic rings. The molecule has 70 valence electrons. The van der Waals surface area contributed by atoms with Crippen molar-refractivity contribution in [2.45, 2.75) is 18.8 Å². The first-order valence-corrected chi connectivity index (χ1v) is 5.90. The predicted molar refractivity (Wildman–Crippen MR) is 64.0 cm³/mol. The third-order valence-corrected chi connectivity index (χ3v) is 3.36. The zero-order valence-corrected chi connectivity index (χ0v) is 9.75. The predicted octanol–water partition coefficient (Wildman–Crippen LogP) is 2.76. The molecule has 13 heavy (non-hydrogen) atoms. The molecule has 1 atom stereocenters. The summed E-state index contributed by atoms with van der Waals surface area (Å²) in [5.41, 5.74) is 1.49. The van der Waals surface area contributed by atoms with Crippen LogP contribution in [-0.4, -0.2) is 13.1 Å². The van der Waals surface area contributed by atoms with Gasteiger partial charge in [0.25, 0.3) is 0 Å². The van der Waals surface area contributed by atoms with Crippen molar-refractivity contribution >= 4 is 22.6 Å². The van der Waals surface area contributed by atoms with E-state index < -0.39 is 0 Å². The lowest BCUT2D eigenvalue weighted by Gasteiger charge is -2.23. The van der Waals surface area contributed by atoms with Crippen LogP contribution in [0, 0.1) is 3.57 Å². The summed E-state index contributed by atoms with van der Waals surface area (Å²) in [5, 5.41) is 3.45. The topological polar surface area (TPSA) is 12.0 Å². The molecule has 0 saturated carbocycles. The Balaban J connectivity index is 2.10. The number of rotatable bonds is 1. The van der Waals surface area contributed by atoms with Gasteiger partial charge in [-0.05, 0) is 65.6 Å². The fraction of sp³-hybridized carbons (Fsp3) is 0.455. The minimum Gasteiger partial charge on any atom is -0.316 e. The SMILES string of the molecule is Ic1ccc([C@@H]2CCCNC2)cc1. The fourth-order valence-corrected chi connectivity index (χ4v) is 2.23. The molecule has 1 fully saturated rings. The molecule has 0 unspecified atom stereocenters. The Morgan fingerprint density at radius 3 is 2.62 bits per heavy atom. The third kappa shape index (κ3) is 2.44. The van der Waals surface area contributed by atoms with Gasteiger partial charge in [-0.1, -0.05) is 12.1 Å². The average molecular weight is 287 g/mol. The molecule has 1 nitrogen and oxygen atoms in total. The van der Waals surface area contributed by atoms with E-state index in [1.807, 2.05) is 0 Å². The second-order valence-electron chi connectivity index (χ2n) is 3.59. The highest BCUT2D eigenvalue weighted by atomic mass is 127. The summed E-state index contributed by atoms with van der Waals surface area (Å²) in [6.45, 7) is 2.35. The molecule has 1 aliphatic rings. The standard InChI is InChI=1S/C11H14IN/c12-11-5-3-9(4-6-11)10-2-1-7-13-8-10/h3-6,10,13H,1-2,7-8H2/t10-/m1/s1. The van der Waals surface area contributed by atoms with Crippen LogP contribution in [0.2, 0.25) is 0 Å². The first-order chi connectivity index (χ1) is 6.36. The highest BCUT2D eigenvalue weighted by Gasteiger charge is 2.14. The molecule has 1 aromatic carbocycles. The van der Waals surface area contributed by atoms with Crippen LogP contribution in [0.1, 0.15) is 24.3 Å². The van der Waals surface area contributed by atoms with Crippen LogP contribution in [0.25, 0.3) is 0 Å². The number of hydrogen-bond donors (Lipinski definition) is 1. The zero-order chi connectivity index (χ0) is 9.10. The van der Waals surface area contributed by atoms with E-state index in [9.17, 15) is 0 Å². The van der Waals surface area contributed by atoms with Gasteiger partial charge in [-0.25, -0.2) is 0 Å². The van der Waals surface area contributed by atoms with Gasteiger partial charge < -0.3 is 5.32 Å². The number of halogens is 1. The third-order valence-electron chi connectivity index (χ3n) is 2.64. The highest BCUT2D eigenvalue weighted by molar-refractivity contribution is 14.1. The molecule has 1 aliphatic heterocycles. The lowest BCUT2D eigenvalue weighted by Crippen LogP contribution is -2.28. The summed E-state index contributed by atoms with van der Waals surface area (Å²) in [6.07, 6.45) is 2.66. The van der Waals surface area contributed by atoms with Gasteiger partial charge in [0.1, 0.15) is 0 Å². The van der Waals surface area contributed by atoms with Crippen molar-refractivity contribution in [2.75, 3.05) is 13.1 Å². The average Bonchev–Trinajstić information content (AvgIpc) is 2.20. The molecule has 0 spiro atoms. The van der Waals surface area contributed by atoms with Crippen LogP contribution in [-0.2, 0) is 0 Å². The highest BCUT2D eigenvalue weighted by Crippen LogP contribution is 2.23. The summed E-state index contributed by atoms with van der Waals surface area (Å²) >= 11 is 2.35. The second-order valence-corrected chi connectivity index (χ2v) is 4.84. The summed E-state index contributed by atoms with van der Waals surface area (Å²) in [5.74, 6) is 0.741. The van der Waals surface area contributed by atoms with Gasteiger partial charge in [-0.2, -0.15) is 0 Å². The maximum atomic E-state index is 3.45. The van der Waals surface area contributed by atoms with Crippen molar-refractivity contribution in [3.63, 3.8) is 0 Å². The Bertz CT molecular complexity index is 262. The molecule has 0 aliphatic carbocycles. The number of hydrogen-bond acceptors (Lipinski definition) is 1. The smallest absolute Gasteiger partial charge is 0.0130 e. The van der Waals surface area contributed by atoms with Gasteiger partial charge in [-0.15, -0.1) is 0 Å². The number of nitrogens with one attached hydrogen (secondary N) is 1. The van der Waals surface area contributed by atoms with Crippen LogP contribution in [0.15, 0.2) is 24.3 Å². The van der Waals surface area contributed by atoms with E-state index in [4.69, 9.17) is 0 Å². The Kier molecular flexibility index (Phi) is 3.22.